The molecule has 23 heavy (non-hydrogen) atoms. The van der Waals surface area contributed by atoms with Crippen LogP contribution in [0.2, 0.25) is 0 Å². The molecule has 1 fully saturated rings. The van der Waals surface area contributed by atoms with E-state index in [2.05, 4.69) is 52.9 Å². The molecule has 1 N–H and O–H groups in total. The van der Waals surface area contributed by atoms with Crippen molar-refractivity contribution in [2.45, 2.75) is 44.8 Å². The number of fused-ring (bicyclic) bond motifs is 1. The summed E-state index contributed by atoms with van der Waals surface area (Å²) in [5.41, 5.74) is 3.55. The standard InChI is InChI=1S/C19H22N2OS/c1-14-7-10-23-17(14)13-21-9-4-8-19(21)11-15-5-2-3-6-16(15)12-20-18(19)22/h2-3,5-7,10H,4,8-9,11-13H2,1H3,(H,20,22). The Labute approximate surface area is 141 Å². The van der Waals surface area contributed by atoms with Gasteiger partial charge in [0.2, 0.25) is 5.91 Å². The second-order valence-electron chi connectivity index (χ2n) is 6.71. The zero-order valence-electron chi connectivity index (χ0n) is 13.5. The summed E-state index contributed by atoms with van der Waals surface area (Å²) >= 11 is 1.80. The van der Waals surface area contributed by atoms with E-state index in [1.165, 1.54) is 21.6 Å². The van der Waals surface area contributed by atoms with E-state index in [9.17, 15) is 4.79 Å². The fourth-order valence-electron chi connectivity index (χ4n) is 4.00. The number of hydrogen-bond acceptors (Lipinski definition) is 3. The van der Waals surface area contributed by atoms with Crippen LogP contribution in [0.1, 0.15) is 34.4 Å². The largest absolute Gasteiger partial charge is 0.350 e. The Hall–Kier alpha value is -1.65. The highest BCUT2D eigenvalue weighted by molar-refractivity contribution is 7.10. The number of rotatable bonds is 2. The molecular weight excluding hydrogens is 304 g/mol. The average Bonchev–Trinajstić information content (AvgIpc) is 3.10. The summed E-state index contributed by atoms with van der Waals surface area (Å²) in [6, 6.07) is 10.6. The Kier molecular flexibility index (Phi) is 3.74. The number of benzene rings is 1. The van der Waals surface area contributed by atoms with Gasteiger partial charge in [-0.15, -0.1) is 11.3 Å². The van der Waals surface area contributed by atoms with E-state index in [4.69, 9.17) is 0 Å². The van der Waals surface area contributed by atoms with Crippen molar-refractivity contribution in [1.82, 2.24) is 10.2 Å². The molecule has 120 valence electrons. The number of amides is 1. The molecule has 1 aromatic carbocycles. The van der Waals surface area contributed by atoms with Gasteiger partial charge in [0, 0.05) is 24.4 Å². The highest BCUT2D eigenvalue weighted by Crippen LogP contribution is 2.37. The topological polar surface area (TPSA) is 32.3 Å². The van der Waals surface area contributed by atoms with Crippen molar-refractivity contribution >= 4 is 17.2 Å². The molecule has 1 spiro atoms. The van der Waals surface area contributed by atoms with Gasteiger partial charge in [0.15, 0.2) is 0 Å². The van der Waals surface area contributed by atoms with Crippen LogP contribution in [0.3, 0.4) is 0 Å². The summed E-state index contributed by atoms with van der Waals surface area (Å²) in [6.45, 7) is 4.71. The number of carbonyl (C=O) groups is 1. The number of hydrogen-bond donors (Lipinski definition) is 1. The Morgan fingerprint density at radius 2 is 2.09 bits per heavy atom. The second-order valence-corrected chi connectivity index (χ2v) is 7.71. The molecule has 1 saturated heterocycles. The van der Waals surface area contributed by atoms with Gasteiger partial charge in [-0.3, -0.25) is 9.69 Å². The fourth-order valence-corrected chi connectivity index (χ4v) is 4.92. The van der Waals surface area contributed by atoms with E-state index >= 15 is 0 Å². The molecule has 0 bridgehead atoms. The third-order valence-electron chi connectivity index (χ3n) is 5.39. The lowest BCUT2D eigenvalue weighted by molar-refractivity contribution is -0.132. The van der Waals surface area contributed by atoms with E-state index < -0.39 is 0 Å². The third kappa shape index (κ3) is 2.50. The molecule has 0 aliphatic carbocycles. The third-order valence-corrected chi connectivity index (χ3v) is 6.40. The van der Waals surface area contributed by atoms with E-state index in [-0.39, 0.29) is 11.4 Å². The van der Waals surface area contributed by atoms with Crippen LogP contribution in [-0.2, 0) is 24.3 Å². The van der Waals surface area contributed by atoms with Crippen molar-refractivity contribution in [1.29, 1.82) is 0 Å². The Morgan fingerprint density at radius 1 is 1.26 bits per heavy atom. The van der Waals surface area contributed by atoms with Crippen molar-refractivity contribution < 1.29 is 4.79 Å². The van der Waals surface area contributed by atoms with Crippen LogP contribution in [0.4, 0.5) is 0 Å². The maximum atomic E-state index is 13.0. The molecule has 1 unspecified atom stereocenters. The van der Waals surface area contributed by atoms with E-state index in [1.807, 2.05) is 0 Å². The lowest BCUT2D eigenvalue weighted by Gasteiger charge is -2.36. The molecule has 2 aliphatic rings. The van der Waals surface area contributed by atoms with Crippen LogP contribution in [0, 0.1) is 6.92 Å². The van der Waals surface area contributed by atoms with Gasteiger partial charge in [-0.05, 0) is 54.4 Å². The predicted octanol–water partition coefficient (Wildman–Crippen LogP) is 3.26. The first-order chi connectivity index (χ1) is 11.2. The molecule has 4 heteroatoms. The van der Waals surface area contributed by atoms with Crippen molar-refractivity contribution in [3.8, 4) is 0 Å². The zero-order chi connectivity index (χ0) is 15.9. The molecule has 2 aromatic rings. The first kappa shape index (κ1) is 14.9. The second kappa shape index (κ2) is 5.77. The minimum absolute atomic E-state index is 0.209. The maximum absolute atomic E-state index is 13.0. The number of nitrogens with one attached hydrogen (secondary N) is 1. The molecule has 1 aromatic heterocycles. The number of nitrogens with zero attached hydrogens (tertiary/aromatic N) is 1. The van der Waals surface area contributed by atoms with Crippen LogP contribution >= 0.6 is 11.3 Å². The molecule has 3 nitrogen and oxygen atoms in total. The summed E-state index contributed by atoms with van der Waals surface area (Å²) in [6.07, 6.45) is 2.89. The normalized spacial score (nSPS) is 24.5. The predicted molar refractivity (Wildman–Crippen MR) is 93.4 cm³/mol. The zero-order valence-corrected chi connectivity index (χ0v) is 14.3. The molecule has 2 aliphatic heterocycles. The van der Waals surface area contributed by atoms with Gasteiger partial charge < -0.3 is 5.32 Å². The van der Waals surface area contributed by atoms with Crippen LogP contribution in [0.25, 0.3) is 0 Å². The van der Waals surface area contributed by atoms with Crippen molar-refractivity contribution in [3.05, 3.63) is 57.3 Å². The van der Waals surface area contributed by atoms with Crippen molar-refractivity contribution in [2.24, 2.45) is 0 Å². The highest BCUT2D eigenvalue weighted by atomic mass is 32.1. The van der Waals surface area contributed by atoms with E-state index in [0.717, 1.165) is 32.4 Å². The summed E-state index contributed by atoms with van der Waals surface area (Å²) < 4.78 is 0. The van der Waals surface area contributed by atoms with Gasteiger partial charge in [0.25, 0.3) is 0 Å². The van der Waals surface area contributed by atoms with Crippen LogP contribution in [0.5, 0.6) is 0 Å². The van der Waals surface area contributed by atoms with Gasteiger partial charge in [-0.2, -0.15) is 0 Å². The van der Waals surface area contributed by atoms with Crippen LogP contribution < -0.4 is 5.32 Å². The van der Waals surface area contributed by atoms with Gasteiger partial charge in [0.1, 0.15) is 5.54 Å². The smallest absolute Gasteiger partial charge is 0.241 e. The van der Waals surface area contributed by atoms with Gasteiger partial charge in [-0.25, -0.2) is 0 Å². The van der Waals surface area contributed by atoms with E-state index in [0.29, 0.717) is 6.54 Å². The molecule has 0 radical (unpaired) electrons. The molecule has 0 saturated carbocycles. The summed E-state index contributed by atoms with van der Waals surface area (Å²) in [7, 11) is 0. The Balaban J connectivity index is 1.69. The first-order valence-corrected chi connectivity index (χ1v) is 9.20. The highest BCUT2D eigenvalue weighted by Gasteiger charge is 2.48. The minimum atomic E-state index is -0.372. The quantitative estimate of drug-likeness (QED) is 0.919. The number of aryl methyl sites for hydroxylation is 1. The Bertz CT molecular complexity index is 738. The van der Waals surface area contributed by atoms with Gasteiger partial charge >= 0.3 is 0 Å². The van der Waals surface area contributed by atoms with Crippen LogP contribution in [-0.4, -0.2) is 22.9 Å². The molecule has 1 atom stereocenters. The average molecular weight is 326 g/mol. The SMILES string of the molecule is Cc1ccsc1CN1CCCC12Cc1ccccc1CNC2=O. The molecule has 3 heterocycles. The molecule has 1 amide bonds. The van der Waals surface area contributed by atoms with E-state index in [1.54, 1.807) is 11.3 Å². The number of carbonyl (C=O) groups excluding carboxylic acids is 1. The molecule has 4 rings (SSSR count). The van der Waals surface area contributed by atoms with Crippen molar-refractivity contribution in [2.75, 3.05) is 6.54 Å². The Morgan fingerprint density at radius 3 is 2.87 bits per heavy atom. The summed E-state index contributed by atoms with van der Waals surface area (Å²) in [5.74, 6) is 0.209. The fraction of sp³-hybridized carbons (Fsp3) is 0.421. The molecular formula is C19H22N2OS. The number of thiophene rings is 1. The lowest BCUT2D eigenvalue weighted by Crippen LogP contribution is -2.55. The lowest BCUT2D eigenvalue weighted by atomic mass is 9.86. The first-order valence-electron chi connectivity index (χ1n) is 8.32. The monoisotopic (exact) mass is 326 g/mol. The number of likely N-dealkylation sites (tertiary alicyclic amines) is 1. The summed E-state index contributed by atoms with van der Waals surface area (Å²) in [5, 5.41) is 5.33. The van der Waals surface area contributed by atoms with Crippen molar-refractivity contribution in [3.63, 3.8) is 0 Å². The maximum Gasteiger partial charge on any atom is 0.241 e. The summed E-state index contributed by atoms with van der Waals surface area (Å²) in [4.78, 5) is 16.8. The minimum Gasteiger partial charge on any atom is -0.350 e. The van der Waals surface area contributed by atoms with Gasteiger partial charge in [0.05, 0.1) is 0 Å². The van der Waals surface area contributed by atoms with Gasteiger partial charge in [-0.1, -0.05) is 24.3 Å². The van der Waals surface area contributed by atoms with Crippen LogP contribution in [0.15, 0.2) is 35.7 Å².